The van der Waals surface area contributed by atoms with Crippen LogP contribution >= 0.6 is 0 Å². The van der Waals surface area contributed by atoms with Crippen LogP contribution in [0.15, 0.2) is 6.33 Å². The van der Waals surface area contributed by atoms with Crippen LogP contribution in [-0.4, -0.2) is 28.0 Å². The summed E-state index contributed by atoms with van der Waals surface area (Å²) in [5.74, 6) is 0.349. The average Bonchev–Trinajstić information content (AvgIpc) is 2.54. The van der Waals surface area contributed by atoms with Gasteiger partial charge in [-0.3, -0.25) is 0 Å². The summed E-state index contributed by atoms with van der Waals surface area (Å²) in [4.78, 5) is 3.88. The molecule has 5 nitrogen and oxygen atoms in total. The minimum Gasteiger partial charge on any atom is -0.381 e. The van der Waals surface area contributed by atoms with Gasteiger partial charge < -0.3 is 10.5 Å². The van der Waals surface area contributed by atoms with Crippen LogP contribution < -0.4 is 5.73 Å². The van der Waals surface area contributed by atoms with Crippen molar-refractivity contribution < 1.29 is 4.74 Å². The fraction of sp³-hybridized carbons (Fsp3) is 0.714. The van der Waals surface area contributed by atoms with E-state index in [1.807, 2.05) is 4.68 Å². The maximum atomic E-state index is 5.41. The number of nitrogens with two attached hydrogens (primary N) is 1. The van der Waals surface area contributed by atoms with Crippen molar-refractivity contribution in [1.82, 2.24) is 14.8 Å². The van der Waals surface area contributed by atoms with Crippen LogP contribution in [0, 0.1) is 0 Å². The van der Waals surface area contributed by atoms with Gasteiger partial charge in [0.05, 0.1) is 6.04 Å². The highest BCUT2D eigenvalue weighted by Gasteiger charge is 2.16. The van der Waals surface area contributed by atoms with Crippen LogP contribution in [0.4, 0.5) is 5.95 Å². The highest BCUT2D eigenvalue weighted by atomic mass is 16.5. The lowest BCUT2D eigenvalue weighted by atomic mass is 10.1. The van der Waals surface area contributed by atoms with Gasteiger partial charge >= 0.3 is 0 Å². The predicted octanol–water partition coefficient (Wildman–Crippen LogP) is 0.212. The molecule has 2 N–H and O–H groups in total. The largest absolute Gasteiger partial charge is 0.381 e. The first-order chi connectivity index (χ1) is 5.86. The molecule has 5 heteroatoms. The third-order valence-corrected chi connectivity index (χ3v) is 2.09. The van der Waals surface area contributed by atoms with Crippen LogP contribution in [0.25, 0.3) is 0 Å². The molecule has 0 aromatic carbocycles. The van der Waals surface area contributed by atoms with Gasteiger partial charge in [0, 0.05) is 13.2 Å². The van der Waals surface area contributed by atoms with E-state index in [2.05, 4.69) is 10.1 Å². The monoisotopic (exact) mass is 168 g/mol. The number of hydrogen-bond acceptors (Lipinski definition) is 4. The van der Waals surface area contributed by atoms with Gasteiger partial charge in [0.1, 0.15) is 6.33 Å². The van der Waals surface area contributed by atoms with Crippen LogP contribution in [0.2, 0.25) is 0 Å². The Morgan fingerprint density at radius 2 is 2.25 bits per heavy atom. The van der Waals surface area contributed by atoms with Gasteiger partial charge in [0.15, 0.2) is 0 Å². The first-order valence-corrected chi connectivity index (χ1v) is 4.10. The van der Waals surface area contributed by atoms with Crippen molar-refractivity contribution in [2.24, 2.45) is 0 Å². The quantitative estimate of drug-likeness (QED) is 0.651. The van der Waals surface area contributed by atoms with E-state index < -0.39 is 0 Å². The van der Waals surface area contributed by atoms with Gasteiger partial charge in [-0.2, -0.15) is 0 Å². The molecule has 0 amide bonds. The summed E-state index contributed by atoms with van der Waals surface area (Å²) in [6.07, 6.45) is 3.69. The molecule has 66 valence electrons. The molecule has 0 aliphatic carbocycles. The Hall–Kier alpha value is -1.10. The highest BCUT2D eigenvalue weighted by molar-refractivity contribution is 5.09. The molecular weight excluding hydrogens is 156 g/mol. The lowest BCUT2D eigenvalue weighted by Gasteiger charge is -2.21. The number of aromatic nitrogens is 3. The van der Waals surface area contributed by atoms with Crippen molar-refractivity contribution in [3.63, 3.8) is 0 Å². The van der Waals surface area contributed by atoms with Gasteiger partial charge in [-0.1, -0.05) is 0 Å². The van der Waals surface area contributed by atoms with Crippen LogP contribution in [0.5, 0.6) is 0 Å². The summed E-state index contributed by atoms with van der Waals surface area (Å²) in [7, 11) is 0. The second-order valence-electron chi connectivity index (χ2n) is 2.93. The van der Waals surface area contributed by atoms with E-state index >= 15 is 0 Å². The van der Waals surface area contributed by atoms with Gasteiger partial charge in [-0.25, -0.2) is 9.67 Å². The molecule has 1 aliphatic rings. The summed E-state index contributed by atoms with van der Waals surface area (Å²) in [5, 5.41) is 4.06. The molecule has 1 aromatic rings. The van der Waals surface area contributed by atoms with Crippen molar-refractivity contribution in [3.05, 3.63) is 6.33 Å². The van der Waals surface area contributed by atoms with E-state index in [9.17, 15) is 0 Å². The number of rotatable bonds is 1. The van der Waals surface area contributed by atoms with Crippen molar-refractivity contribution in [2.45, 2.75) is 18.9 Å². The van der Waals surface area contributed by atoms with Crippen LogP contribution in [0.3, 0.4) is 0 Å². The Kier molecular flexibility index (Phi) is 1.95. The molecule has 0 radical (unpaired) electrons. The molecule has 0 saturated carbocycles. The zero-order valence-corrected chi connectivity index (χ0v) is 6.81. The minimum absolute atomic E-state index is 0.349. The van der Waals surface area contributed by atoms with Crippen LogP contribution in [-0.2, 0) is 4.74 Å². The van der Waals surface area contributed by atoms with E-state index in [4.69, 9.17) is 10.5 Å². The molecule has 1 aromatic heterocycles. The van der Waals surface area contributed by atoms with Crippen molar-refractivity contribution in [2.75, 3.05) is 18.9 Å². The van der Waals surface area contributed by atoms with Crippen molar-refractivity contribution in [1.29, 1.82) is 0 Å². The van der Waals surface area contributed by atoms with E-state index in [1.165, 1.54) is 0 Å². The summed E-state index contributed by atoms with van der Waals surface area (Å²) in [6.45, 7) is 1.62. The van der Waals surface area contributed by atoms with Gasteiger partial charge in [-0.15, -0.1) is 5.10 Å². The smallest absolute Gasteiger partial charge is 0.239 e. The third kappa shape index (κ3) is 1.40. The molecule has 2 heterocycles. The predicted molar refractivity (Wildman–Crippen MR) is 43.5 cm³/mol. The first kappa shape index (κ1) is 7.54. The first-order valence-electron chi connectivity index (χ1n) is 4.10. The Balaban J connectivity index is 2.08. The van der Waals surface area contributed by atoms with E-state index in [0.717, 1.165) is 26.1 Å². The fourth-order valence-corrected chi connectivity index (χ4v) is 1.41. The number of nitrogens with zero attached hydrogens (tertiary/aromatic N) is 3. The fourth-order valence-electron chi connectivity index (χ4n) is 1.41. The number of anilines is 1. The highest BCUT2D eigenvalue weighted by Crippen LogP contribution is 2.19. The molecule has 0 spiro atoms. The van der Waals surface area contributed by atoms with Gasteiger partial charge in [-0.05, 0) is 12.8 Å². The minimum atomic E-state index is 0.349. The number of hydrogen-bond donors (Lipinski definition) is 1. The molecule has 0 unspecified atom stereocenters. The Labute approximate surface area is 70.5 Å². The summed E-state index contributed by atoms with van der Waals surface area (Å²) in [5.41, 5.74) is 5.41. The molecule has 1 fully saturated rings. The molecule has 0 atom stereocenters. The van der Waals surface area contributed by atoms with Crippen molar-refractivity contribution in [3.8, 4) is 0 Å². The Morgan fingerprint density at radius 1 is 1.50 bits per heavy atom. The number of ether oxygens (including phenoxy) is 1. The average molecular weight is 168 g/mol. The molecule has 0 bridgehead atoms. The Morgan fingerprint density at radius 3 is 2.83 bits per heavy atom. The maximum Gasteiger partial charge on any atom is 0.239 e. The Bertz CT molecular complexity index is 254. The van der Waals surface area contributed by atoms with E-state index in [1.54, 1.807) is 6.33 Å². The lowest BCUT2D eigenvalue weighted by Crippen LogP contribution is -2.20. The second-order valence-corrected chi connectivity index (χ2v) is 2.93. The second kappa shape index (κ2) is 3.10. The van der Waals surface area contributed by atoms with Crippen LogP contribution in [0.1, 0.15) is 18.9 Å². The molecule has 2 rings (SSSR count). The SMILES string of the molecule is Nc1ncn(C2CCOCC2)n1. The van der Waals surface area contributed by atoms with Crippen molar-refractivity contribution >= 4 is 5.95 Å². The molecule has 1 saturated heterocycles. The molecular formula is C7H12N4O. The van der Waals surface area contributed by atoms with E-state index in [0.29, 0.717) is 12.0 Å². The zero-order chi connectivity index (χ0) is 8.39. The van der Waals surface area contributed by atoms with E-state index in [-0.39, 0.29) is 0 Å². The van der Waals surface area contributed by atoms with Gasteiger partial charge in [0.2, 0.25) is 5.95 Å². The molecule has 1 aliphatic heterocycles. The summed E-state index contributed by atoms with van der Waals surface area (Å²) >= 11 is 0. The summed E-state index contributed by atoms with van der Waals surface area (Å²) in [6, 6.07) is 0.420. The zero-order valence-electron chi connectivity index (χ0n) is 6.81. The standard InChI is InChI=1S/C7H12N4O/c8-7-9-5-11(10-7)6-1-3-12-4-2-6/h5-6H,1-4H2,(H2,8,10). The lowest BCUT2D eigenvalue weighted by molar-refractivity contribution is 0.0662. The number of nitrogen functional groups attached to an aromatic ring is 1. The normalized spacial score (nSPS) is 19.7. The topological polar surface area (TPSA) is 66.0 Å². The van der Waals surface area contributed by atoms with Gasteiger partial charge in [0.25, 0.3) is 0 Å². The molecule has 12 heavy (non-hydrogen) atoms. The maximum absolute atomic E-state index is 5.41. The summed E-state index contributed by atoms with van der Waals surface area (Å²) < 4.78 is 7.07. The third-order valence-electron chi connectivity index (χ3n) is 2.09.